The molecule has 29 heavy (non-hydrogen) atoms. The SMILES string of the molecule is COc1ccc2cc(C(=O)[C@H]3CCCN(C(=O)c4ccc[n+]([O-])c4)C3)ccc2c1. The fraction of sp³-hybridized carbons (Fsp3) is 0.261. The van der Waals surface area contributed by atoms with Crippen LogP contribution in [0.1, 0.15) is 33.6 Å². The molecule has 0 aliphatic carbocycles. The second-order valence-electron chi connectivity index (χ2n) is 7.33. The summed E-state index contributed by atoms with van der Waals surface area (Å²) >= 11 is 0. The number of fused-ring (bicyclic) bond motifs is 1. The van der Waals surface area contributed by atoms with Crippen LogP contribution in [0.4, 0.5) is 0 Å². The Labute approximate surface area is 168 Å². The molecule has 1 aliphatic rings. The Morgan fingerprint density at radius 3 is 2.69 bits per heavy atom. The standard InChI is InChI=1S/C23H22N2O4/c1-29-21-9-8-16-12-18(7-6-17(16)13-21)22(26)19-4-2-10-24(14-19)23(27)20-5-3-11-25(28)15-20/h3,5-9,11-13,15,19H,2,4,10,14H2,1H3/t19-/m0/s1. The molecular weight excluding hydrogens is 368 g/mol. The number of amides is 1. The van der Waals surface area contributed by atoms with Crippen molar-refractivity contribution >= 4 is 22.5 Å². The van der Waals surface area contributed by atoms with E-state index in [1.807, 2.05) is 36.4 Å². The first-order chi connectivity index (χ1) is 14.0. The zero-order valence-electron chi connectivity index (χ0n) is 16.2. The molecule has 0 spiro atoms. The summed E-state index contributed by atoms with van der Waals surface area (Å²) in [6.45, 7) is 0.958. The van der Waals surface area contributed by atoms with Crippen LogP contribution in [-0.2, 0) is 0 Å². The van der Waals surface area contributed by atoms with E-state index in [1.165, 1.54) is 12.4 Å². The Morgan fingerprint density at radius 1 is 1.10 bits per heavy atom. The molecule has 148 valence electrons. The smallest absolute Gasteiger partial charge is 0.259 e. The Morgan fingerprint density at radius 2 is 1.90 bits per heavy atom. The predicted octanol–water partition coefficient (Wildman–Crippen LogP) is 3.22. The number of Topliss-reactive ketones (excluding diaryl/α,β-unsaturated/α-hetero) is 1. The minimum absolute atomic E-state index is 0.0483. The minimum atomic E-state index is -0.244. The molecule has 0 saturated carbocycles. The Bertz CT molecular complexity index is 1080. The first-order valence-corrected chi connectivity index (χ1v) is 9.65. The van der Waals surface area contributed by atoms with Crippen LogP contribution in [0.25, 0.3) is 10.8 Å². The number of likely N-dealkylation sites (tertiary alicyclic amines) is 1. The summed E-state index contributed by atoms with van der Waals surface area (Å²) in [5.41, 5.74) is 0.995. The van der Waals surface area contributed by atoms with E-state index in [4.69, 9.17) is 4.74 Å². The average Bonchev–Trinajstić information content (AvgIpc) is 2.77. The number of methoxy groups -OCH3 is 1. The monoisotopic (exact) mass is 390 g/mol. The molecule has 1 aromatic heterocycles. The highest BCUT2D eigenvalue weighted by molar-refractivity contribution is 6.02. The zero-order valence-corrected chi connectivity index (χ0v) is 16.2. The molecule has 0 N–H and O–H groups in total. The Hall–Kier alpha value is -3.41. The van der Waals surface area contributed by atoms with E-state index >= 15 is 0 Å². The van der Waals surface area contributed by atoms with Gasteiger partial charge in [-0.1, -0.05) is 18.2 Å². The van der Waals surface area contributed by atoms with E-state index in [0.717, 1.165) is 29.4 Å². The number of hydrogen-bond donors (Lipinski definition) is 0. The van der Waals surface area contributed by atoms with Crippen LogP contribution in [0.2, 0.25) is 0 Å². The number of carbonyl (C=O) groups excluding carboxylic acids is 2. The maximum Gasteiger partial charge on any atom is 0.259 e. The summed E-state index contributed by atoms with van der Waals surface area (Å²) < 4.78 is 5.86. The predicted molar refractivity (Wildman–Crippen MR) is 109 cm³/mol. The van der Waals surface area contributed by atoms with Crippen LogP contribution in [0, 0.1) is 11.1 Å². The van der Waals surface area contributed by atoms with Crippen molar-refractivity contribution in [3.05, 3.63) is 77.3 Å². The molecule has 2 heterocycles. The van der Waals surface area contributed by atoms with E-state index in [-0.39, 0.29) is 17.6 Å². The van der Waals surface area contributed by atoms with Crippen LogP contribution in [0.3, 0.4) is 0 Å². The number of benzene rings is 2. The molecule has 0 unspecified atom stereocenters. The lowest BCUT2D eigenvalue weighted by Gasteiger charge is -2.32. The molecule has 1 fully saturated rings. The normalized spacial score (nSPS) is 16.6. The third kappa shape index (κ3) is 3.92. The molecule has 6 heteroatoms. The number of ketones is 1. The van der Waals surface area contributed by atoms with Gasteiger partial charge in [0.05, 0.1) is 7.11 Å². The lowest BCUT2D eigenvalue weighted by atomic mass is 9.89. The fourth-order valence-corrected chi connectivity index (χ4v) is 3.88. The van der Waals surface area contributed by atoms with Crippen LogP contribution in [0.5, 0.6) is 5.75 Å². The van der Waals surface area contributed by atoms with Crippen LogP contribution >= 0.6 is 0 Å². The van der Waals surface area contributed by atoms with Gasteiger partial charge in [0.15, 0.2) is 18.2 Å². The second-order valence-corrected chi connectivity index (χ2v) is 7.33. The number of carbonyl (C=O) groups is 2. The van der Waals surface area contributed by atoms with Crippen molar-refractivity contribution in [2.75, 3.05) is 20.2 Å². The van der Waals surface area contributed by atoms with Crippen molar-refractivity contribution in [2.45, 2.75) is 12.8 Å². The van der Waals surface area contributed by atoms with Gasteiger partial charge >= 0.3 is 0 Å². The molecule has 6 nitrogen and oxygen atoms in total. The van der Waals surface area contributed by atoms with Gasteiger partial charge in [0.2, 0.25) is 0 Å². The highest BCUT2D eigenvalue weighted by atomic mass is 16.5. The van der Waals surface area contributed by atoms with Gasteiger partial charge in [-0.2, -0.15) is 4.73 Å². The van der Waals surface area contributed by atoms with Crippen LogP contribution in [0.15, 0.2) is 60.9 Å². The largest absolute Gasteiger partial charge is 0.619 e. The van der Waals surface area contributed by atoms with Crippen molar-refractivity contribution in [3.63, 3.8) is 0 Å². The molecule has 2 aromatic carbocycles. The van der Waals surface area contributed by atoms with Crippen LogP contribution < -0.4 is 9.47 Å². The summed E-state index contributed by atoms with van der Waals surface area (Å²) in [6, 6.07) is 14.6. The molecular formula is C23H22N2O4. The van der Waals surface area contributed by atoms with Gasteiger partial charge in [0.25, 0.3) is 5.91 Å². The molecule has 1 amide bonds. The summed E-state index contributed by atoms with van der Waals surface area (Å²) in [5.74, 6) is 0.371. The third-order valence-electron chi connectivity index (χ3n) is 5.43. The average molecular weight is 390 g/mol. The maximum absolute atomic E-state index is 13.1. The van der Waals surface area contributed by atoms with Gasteiger partial charge in [-0.3, -0.25) is 9.59 Å². The number of aromatic nitrogens is 1. The highest BCUT2D eigenvalue weighted by Crippen LogP contribution is 2.26. The summed E-state index contributed by atoms with van der Waals surface area (Å²) in [6.07, 6.45) is 4.12. The molecule has 3 aromatic rings. The van der Waals surface area contributed by atoms with Gasteiger partial charge in [0.1, 0.15) is 11.3 Å². The van der Waals surface area contributed by atoms with Crippen molar-refractivity contribution in [1.29, 1.82) is 0 Å². The summed E-state index contributed by atoms with van der Waals surface area (Å²) in [4.78, 5) is 27.5. The molecule has 1 saturated heterocycles. The quantitative estimate of drug-likeness (QED) is 0.390. The number of piperidine rings is 1. The molecule has 0 radical (unpaired) electrons. The lowest BCUT2D eigenvalue weighted by molar-refractivity contribution is -0.605. The molecule has 1 aliphatic heterocycles. The first-order valence-electron chi connectivity index (χ1n) is 9.65. The van der Waals surface area contributed by atoms with Crippen molar-refractivity contribution in [1.82, 2.24) is 4.90 Å². The number of pyridine rings is 1. The van der Waals surface area contributed by atoms with Gasteiger partial charge in [-0.15, -0.1) is 0 Å². The van der Waals surface area contributed by atoms with E-state index in [0.29, 0.717) is 28.9 Å². The van der Waals surface area contributed by atoms with Gasteiger partial charge in [-0.05, 0) is 47.9 Å². The number of hydrogen-bond acceptors (Lipinski definition) is 4. The summed E-state index contributed by atoms with van der Waals surface area (Å²) in [5, 5.41) is 13.5. The van der Waals surface area contributed by atoms with Crippen molar-refractivity contribution in [3.8, 4) is 5.75 Å². The van der Waals surface area contributed by atoms with Gasteiger partial charge in [-0.25, -0.2) is 0 Å². The number of ether oxygens (including phenoxy) is 1. The van der Waals surface area contributed by atoms with Gasteiger partial charge < -0.3 is 14.8 Å². The Balaban J connectivity index is 1.52. The fourth-order valence-electron chi connectivity index (χ4n) is 3.88. The topological polar surface area (TPSA) is 73.5 Å². The second kappa shape index (κ2) is 7.91. The minimum Gasteiger partial charge on any atom is -0.619 e. The third-order valence-corrected chi connectivity index (χ3v) is 5.43. The molecule has 1 atom stereocenters. The van der Waals surface area contributed by atoms with E-state index in [1.54, 1.807) is 24.1 Å². The summed E-state index contributed by atoms with van der Waals surface area (Å²) in [7, 11) is 1.63. The number of rotatable bonds is 4. The van der Waals surface area contributed by atoms with E-state index in [9.17, 15) is 14.8 Å². The zero-order chi connectivity index (χ0) is 20.4. The van der Waals surface area contributed by atoms with E-state index in [2.05, 4.69) is 0 Å². The lowest BCUT2D eigenvalue weighted by Crippen LogP contribution is -2.43. The molecule has 4 rings (SSSR count). The highest BCUT2D eigenvalue weighted by Gasteiger charge is 2.30. The number of nitrogens with zero attached hydrogens (tertiary/aromatic N) is 2. The van der Waals surface area contributed by atoms with Gasteiger partial charge in [0, 0.05) is 30.6 Å². The maximum atomic E-state index is 13.1. The van der Waals surface area contributed by atoms with Crippen molar-refractivity contribution < 1.29 is 19.1 Å². The first kappa shape index (κ1) is 18.9. The van der Waals surface area contributed by atoms with Crippen molar-refractivity contribution in [2.24, 2.45) is 5.92 Å². The Kier molecular flexibility index (Phi) is 5.16. The molecule has 0 bridgehead atoms. The van der Waals surface area contributed by atoms with E-state index < -0.39 is 0 Å². The van der Waals surface area contributed by atoms with Crippen LogP contribution in [-0.4, -0.2) is 36.8 Å².